The molecular formula is C17H26O5. The normalized spacial score (nSPS) is 38.5. The fourth-order valence-electron chi connectivity index (χ4n) is 4.66. The van der Waals surface area contributed by atoms with E-state index in [9.17, 15) is 4.79 Å². The van der Waals surface area contributed by atoms with Crippen molar-refractivity contribution in [3.8, 4) is 0 Å². The summed E-state index contributed by atoms with van der Waals surface area (Å²) in [4.78, 5) is 11.8. The Morgan fingerprint density at radius 1 is 1.18 bits per heavy atom. The maximum atomic E-state index is 11.8. The Balaban J connectivity index is 1.37. The summed E-state index contributed by atoms with van der Waals surface area (Å²) in [5.74, 6) is 3.54. The van der Waals surface area contributed by atoms with Crippen LogP contribution in [-0.2, 0) is 23.7 Å². The summed E-state index contributed by atoms with van der Waals surface area (Å²) in [5, 5.41) is 0. The molecule has 6 unspecified atom stereocenters. The average Bonchev–Trinajstić information content (AvgIpc) is 2.46. The molecule has 0 aliphatic heterocycles. The second-order valence-electron chi connectivity index (χ2n) is 6.99. The lowest BCUT2D eigenvalue weighted by atomic mass is 9.41. The minimum atomic E-state index is -0.465. The van der Waals surface area contributed by atoms with Crippen LogP contribution in [-0.4, -0.2) is 39.4 Å². The lowest BCUT2D eigenvalue weighted by Crippen LogP contribution is -2.61. The Morgan fingerprint density at radius 3 is 2.68 bits per heavy atom. The zero-order valence-corrected chi connectivity index (χ0v) is 13.5. The van der Waals surface area contributed by atoms with Crippen LogP contribution in [0.5, 0.6) is 0 Å². The summed E-state index contributed by atoms with van der Waals surface area (Å²) in [7, 11) is 1.53. The number of esters is 1. The number of methoxy groups -OCH3 is 1. The summed E-state index contributed by atoms with van der Waals surface area (Å²) >= 11 is 0. The van der Waals surface area contributed by atoms with E-state index >= 15 is 0 Å². The molecule has 0 aromatic heterocycles. The van der Waals surface area contributed by atoms with E-state index in [1.807, 2.05) is 0 Å². The standard InChI is InChI=1S/C17H26O5/c1-10-4-12-5-13-6-14(15(12)13)16(10)21-9-22-17(18)11(2)7-20-8-19-3/h10,12-16H,2,4-9H2,1,3H3. The molecule has 0 spiro atoms. The fourth-order valence-corrected chi connectivity index (χ4v) is 4.66. The molecule has 3 fully saturated rings. The van der Waals surface area contributed by atoms with Crippen molar-refractivity contribution in [2.75, 3.05) is 27.3 Å². The first kappa shape index (κ1) is 16.0. The van der Waals surface area contributed by atoms with Gasteiger partial charge in [0.2, 0.25) is 0 Å². The van der Waals surface area contributed by atoms with Gasteiger partial charge < -0.3 is 18.9 Å². The van der Waals surface area contributed by atoms with Gasteiger partial charge in [0, 0.05) is 7.11 Å². The van der Waals surface area contributed by atoms with Crippen LogP contribution in [0.4, 0.5) is 0 Å². The summed E-state index contributed by atoms with van der Waals surface area (Å²) in [6.45, 7) is 6.16. The maximum Gasteiger partial charge on any atom is 0.337 e. The minimum Gasteiger partial charge on any atom is -0.435 e. The Morgan fingerprint density at radius 2 is 1.95 bits per heavy atom. The second-order valence-corrected chi connectivity index (χ2v) is 6.99. The van der Waals surface area contributed by atoms with Gasteiger partial charge >= 0.3 is 5.97 Å². The molecule has 3 rings (SSSR count). The maximum absolute atomic E-state index is 11.8. The van der Waals surface area contributed by atoms with Crippen LogP contribution in [0.2, 0.25) is 0 Å². The summed E-state index contributed by atoms with van der Waals surface area (Å²) in [5.41, 5.74) is 0.278. The Labute approximate surface area is 131 Å². The highest BCUT2D eigenvalue weighted by Crippen LogP contribution is 2.64. The number of carbonyl (C=O) groups excluding carboxylic acids is 1. The smallest absolute Gasteiger partial charge is 0.337 e. The van der Waals surface area contributed by atoms with Crippen LogP contribution in [0.1, 0.15) is 26.2 Å². The van der Waals surface area contributed by atoms with Crippen molar-refractivity contribution < 1.29 is 23.7 Å². The third kappa shape index (κ3) is 2.94. The summed E-state index contributed by atoms with van der Waals surface area (Å²) in [6, 6.07) is 0. The highest BCUT2D eigenvalue weighted by Gasteiger charge is 2.60. The topological polar surface area (TPSA) is 54.0 Å². The van der Waals surface area contributed by atoms with Crippen LogP contribution in [0.3, 0.4) is 0 Å². The quantitative estimate of drug-likeness (QED) is 0.298. The summed E-state index contributed by atoms with van der Waals surface area (Å²) in [6.07, 6.45) is 4.22. The fraction of sp³-hybridized carbons (Fsp3) is 0.824. The van der Waals surface area contributed by atoms with E-state index in [0.717, 1.165) is 17.8 Å². The first-order valence-electron chi connectivity index (χ1n) is 8.15. The number of rotatable bonds is 8. The highest BCUT2D eigenvalue weighted by atomic mass is 16.7. The predicted molar refractivity (Wildman–Crippen MR) is 79.8 cm³/mol. The second kappa shape index (κ2) is 6.69. The van der Waals surface area contributed by atoms with E-state index in [0.29, 0.717) is 11.8 Å². The molecule has 0 amide bonds. The van der Waals surface area contributed by atoms with Crippen molar-refractivity contribution in [1.82, 2.24) is 0 Å². The molecule has 0 aromatic rings. The van der Waals surface area contributed by atoms with Gasteiger partial charge in [0.1, 0.15) is 6.79 Å². The van der Waals surface area contributed by atoms with Gasteiger partial charge in [-0.25, -0.2) is 4.79 Å². The van der Waals surface area contributed by atoms with Crippen LogP contribution in [0.25, 0.3) is 0 Å². The van der Waals surface area contributed by atoms with Gasteiger partial charge in [-0.15, -0.1) is 0 Å². The zero-order valence-electron chi connectivity index (χ0n) is 13.5. The number of carbonyl (C=O) groups is 1. The van der Waals surface area contributed by atoms with Crippen LogP contribution >= 0.6 is 0 Å². The van der Waals surface area contributed by atoms with E-state index in [1.165, 1.54) is 26.4 Å². The van der Waals surface area contributed by atoms with Crippen molar-refractivity contribution in [3.05, 3.63) is 12.2 Å². The molecule has 3 aliphatic carbocycles. The molecule has 0 aromatic carbocycles. The molecule has 3 aliphatic rings. The Bertz CT molecular complexity index is 435. The first-order valence-corrected chi connectivity index (χ1v) is 8.15. The van der Waals surface area contributed by atoms with Crippen LogP contribution < -0.4 is 0 Å². The van der Waals surface area contributed by atoms with Crippen molar-refractivity contribution in [2.45, 2.75) is 32.3 Å². The lowest BCUT2D eigenvalue weighted by Gasteiger charge is -2.65. The largest absolute Gasteiger partial charge is 0.435 e. The van der Waals surface area contributed by atoms with Crippen molar-refractivity contribution >= 4 is 5.97 Å². The third-order valence-corrected chi connectivity index (χ3v) is 5.64. The number of hydrogen-bond donors (Lipinski definition) is 0. The monoisotopic (exact) mass is 310 g/mol. The molecule has 0 radical (unpaired) electrons. The van der Waals surface area contributed by atoms with Crippen molar-refractivity contribution in [1.29, 1.82) is 0 Å². The molecule has 6 atom stereocenters. The highest BCUT2D eigenvalue weighted by molar-refractivity contribution is 5.87. The van der Waals surface area contributed by atoms with Gasteiger partial charge in [0.05, 0.1) is 18.3 Å². The molecule has 5 nitrogen and oxygen atoms in total. The van der Waals surface area contributed by atoms with Gasteiger partial charge in [-0.2, -0.15) is 0 Å². The molecule has 5 heteroatoms. The van der Waals surface area contributed by atoms with Gasteiger partial charge in [0.25, 0.3) is 0 Å². The zero-order chi connectivity index (χ0) is 15.7. The van der Waals surface area contributed by atoms with Gasteiger partial charge in [-0.05, 0) is 48.9 Å². The average molecular weight is 310 g/mol. The molecule has 0 bridgehead atoms. The van der Waals surface area contributed by atoms with Crippen LogP contribution in [0.15, 0.2) is 12.2 Å². The number of ether oxygens (including phenoxy) is 4. The predicted octanol–water partition coefficient (Wildman–Crippen LogP) is 2.36. The van der Waals surface area contributed by atoms with E-state index in [1.54, 1.807) is 0 Å². The van der Waals surface area contributed by atoms with E-state index in [4.69, 9.17) is 18.9 Å². The molecule has 0 heterocycles. The van der Waals surface area contributed by atoms with E-state index in [-0.39, 0.29) is 31.9 Å². The number of hydrogen-bond acceptors (Lipinski definition) is 5. The molecule has 0 saturated heterocycles. The summed E-state index contributed by atoms with van der Waals surface area (Å²) < 4.78 is 20.9. The van der Waals surface area contributed by atoms with Crippen molar-refractivity contribution in [2.24, 2.45) is 29.6 Å². The van der Waals surface area contributed by atoms with Gasteiger partial charge in [-0.3, -0.25) is 0 Å². The molecule has 3 saturated carbocycles. The van der Waals surface area contributed by atoms with Gasteiger partial charge in [0.15, 0.2) is 6.79 Å². The Hall–Kier alpha value is -0.910. The molecule has 0 N–H and O–H groups in total. The lowest BCUT2D eigenvalue weighted by molar-refractivity contribution is -0.227. The molecule has 22 heavy (non-hydrogen) atoms. The van der Waals surface area contributed by atoms with Crippen molar-refractivity contribution in [3.63, 3.8) is 0 Å². The van der Waals surface area contributed by atoms with E-state index < -0.39 is 5.97 Å². The SMILES string of the molecule is C=C(COCOC)C(=O)OCOC1C(C)CC2CC3CC1C23. The van der Waals surface area contributed by atoms with Crippen LogP contribution in [0, 0.1) is 29.6 Å². The Kier molecular flexibility index (Phi) is 4.85. The van der Waals surface area contributed by atoms with E-state index in [2.05, 4.69) is 13.5 Å². The molecular weight excluding hydrogens is 284 g/mol. The molecule has 124 valence electrons. The van der Waals surface area contributed by atoms with Gasteiger partial charge in [-0.1, -0.05) is 13.5 Å². The third-order valence-electron chi connectivity index (χ3n) is 5.64. The first-order chi connectivity index (χ1) is 10.6. The minimum absolute atomic E-state index is 0.00961.